The third-order valence-electron chi connectivity index (χ3n) is 2.68. The van der Waals surface area contributed by atoms with E-state index in [2.05, 4.69) is 0 Å². The highest BCUT2D eigenvalue weighted by molar-refractivity contribution is 6.04. The maximum atomic E-state index is 11.9. The van der Waals surface area contributed by atoms with Gasteiger partial charge >= 0.3 is 6.03 Å². The van der Waals surface area contributed by atoms with E-state index in [-0.39, 0.29) is 11.9 Å². The molecule has 0 atom stereocenters. The van der Waals surface area contributed by atoms with E-state index in [0.717, 1.165) is 5.69 Å². The van der Waals surface area contributed by atoms with Crippen LogP contribution in [0.2, 0.25) is 0 Å². The maximum absolute atomic E-state index is 11.9. The number of carbonyl (C=O) groups is 2. The van der Waals surface area contributed by atoms with E-state index in [9.17, 15) is 9.59 Å². The molecule has 0 N–H and O–H groups in total. The van der Waals surface area contributed by atoms with Gasteiger partial charge in [0.15, 0.2) is 0 Å². The van der Waals surface area contributed by atoms with E-state index >= 15 is 0 Å². The molecule has 0 unspecified atom stereocenters. The molecule has 0 aliphatic carbocycles. The number of rotatable bonds is 2. The lowest BCUT2D eigenvalue weighted by Gasteiger charge is -2.16. The molecule has 84 valence electrons. The first-order valence-electron chi connectivity index (χ1n) is 5.41. The monoisotopic (exact) mass is 218 g/mol. The van der Waals surface area contributed by atoms with Gasteiger partial charge in [0.2, 0.25) is 5.91 Å². The average Bonchev–Trinajstić information content (AvgIpc) is 2.71. The molecule has 0 aromatic heterocycles. The average molecular weight is 218 g/mol. The van der Waals surface area contributed by atoms with Gasteiger partial charge in [-0.05, 0) is 12.1 Å². The Morgan fingerprint density at radius 1 is 1.25 bits per heavy atom. The van der Waals surface area contributed by atoms with E-state index in [0.29, 0.717) is 19.5 Å². The molecule has 1 aliphatic heterocycles. The maximum Gasteiger partial charge on any atom is 0.331 e. The third-order valence-corrected chi connectivity index (χ3v) is 2.68. The zero-order valence-corrected chi connectivity index (χ0v) is 9.22. The van der Waals surface area contributed by atoms with Gasteiger partial charge in [-0.3, -0.25) is 14.6 Å². The second kappa shape index (κ2) is 4.35. The van der Waals surface area contributed by atoms with E-state index in [1.165, 1.54) is 4.90 Å². The third kappa shape index (κ3) is 1.78. The second-order valence-electron chi connectivity index (χ2n) is 3.67. The summed E-state index contributed by atoms with van der Waals surface area (Å²) in [5, 5.41) is 0. The minimum atomic E-state index is -0.210. The number of benzene rings is 1. The Morgan fingerprint density at radius 2 is 1.94 bits per heavy atom. The van der Waals surface area contributed by atoms with E-state index in [4.69, 9.17) is 0 Å². The van der Waals surface area contributed by atoms with Crippen molar-refractivity contribution in [2.45, 2.75) is 13.3 Å². The lowest BCUT2D eigenvalue weighted by Crippen LogP contribution is -2.35. The lowest BCUT2D eigenvalue weighted by atomic mass is 10.3. The largest absolute Gasteiger partial charge is 0.331 e. The fourth-order valence-corrected chi connectivity index (χ4v) is 1.81. The summed E-state index contributed by atoms with van der Waals surface area (Å²) in [5.74, 6) is -0.108. The predicted octanol–water partition coefficient (Wildman–Crippen LogP) is 1.87. The molecule has 0 saturated carbocycles. The first kappa shape index (κ1) is 10.7. The van der Waals surface area contributed by atoms with Gasteiger partial charge in [-0.15, -0.1) is 0 Å². The highest BCUT2D eigenvalue weighted by atomic mass is 16.2. The summed E-state index contributed by atoms with van der Waals surface area (Å²) in [6, 6.07) is 9.20. The van der Waals surface area contributed by atoms with Crippen LogP contribution in [0.5, 0.6) is 0 Å². The Labute approximate surface area is 94.5 Å². The zero-order chi connectivity index (χ0) is 11.5. The van der Waals surface area contributed by atoms with Crippen LogP contribution in [0.15, 0.2) is 30.3 Å². The van der Waals surface area contributed by atoms with Crippen molar-refractivity contribution in [2.75, 3.05) is 18.0 Å². The van der Waals surface area contributed by atoms with Crippen molar-refractivity contribution in [1.29, 1.82) is 0 Å². The smallest absolute Gasteiger partial charge is 0.292 e. The molecule has 4 heteroatoms. The fraction of sp³-hybridized carbons (Fsp3) is 0.333. The number of urea groups is 1. The molecule has 1 saturated heterocycles. The molecular weight excluding hydrogens is 204 g/mol. The molecule has 1 aliphatic rings. The van der Waals surface area contributed by atoms with Gasteiger partial charge < -0.3 is 0 Å². The lowest BCUT2D eigenvalue weighted by molar-refractivity contribution is -0.127. The van der Waals surface area contributed by atoms with Gasteiger partial charge in [0.1, 0.15) is 0 Å². The standard InChI is InChI=1S/C12H14N2O2/c1-2-11(15)14-9-8-13(12(14)16)10-6-4-3-5-7-10/h3-7H,2,8-9H2,1H3. The number of imide groups is 1. The van der Waals surface area contributed by atoms with Crippen LogP contribution in [0.4, 0.5) is 10.5 Å². The molecule has 0 radical (unpaired) electrons. The van der Waals surface area contributed by atoms with Crippen molar-refractivity contribution >= 4 is 17.6 Å². The molecule has 1 aromatic rings. The Kier molecular flexibility index (Phi) is 2.90. The quantitative estimate of drug-likeness (QED) is 0.760. The molecule has 16 heavy (non-hydrogen) atoms. The summed E-state index contributed by atoms with van der Waals surface area (Å²) >= 11 is 0. The van der Waals surface area contributed by atoms with Gasteiger partial charge in [-0.1, -0.05) is 25.1 Å². The van der Waals surface area contributed by atoms with Crippen molar-refractivity contribution in [3.63, 3.8) is 0 Å². The van der Waals surface area contributed by atoms with Crippen molar-refractivity contribution in [3.8, 4) is 0 Å². The van der Waals surface area contributed by atoms with Gasteiger partial charge in [0.25, 0.3) is 0 Å². The van der Waals surface area contributed by atoms with Crippen molar-refractivity contribution in [3.05, 3.63) is 30.3 Å². The predicted molar refractivity (Wildman–Crippen MR) is 61.2 cm³/mol. The minimum absolute atomic E-state index is 0.108. The summed E-state index contributed by atoms with van der Waals surface area (Å²) in [4.78, 5) is 26.4. The van der Waals surface area contributed by atoms with Crippen LogP contribution in [0.1, 0.15) is 13.3 Å². The highest BCUT2D eigenvalue weighted by Gasteiger charge is 2.32. The van der Waals surface area contributed by atoms with Crippen LogP contribution in [0.3, 0.4) is 0 Å². The molecule has 2 rings (SSSR count). The number of anilines is 1. The summed E-state index contributed by atoms with van der Waals surface area (Å²) in [6.45, 7) is 2.83. The van der Waals surface area contributed by atoms with E-state index in [1.54, 1.807) is 11.8 Å². The van der Waals surface area contributed by atoms with Crippen LogP contribution in [0.25, 0.3) is 0 Å². The van der Waals surface area contributed by atoms with Gasteiger partial charge in [-0.2, -0.15) is 0 Å². The van der Waals surface area contributed by atoms with Crippen molar-refractivity contribution in [2.24, 2.45) is 0 Å². The van der Waals surface area contributed by atoms with Crippen LogP contribution in [-0.2, 0) is 4.79 Å². The zero-order valence-electron chi connectivity index (χ0n) is 9.22. The molecule has 1 aromatic carbocycles. The van der Waals surface area contributed by atoms with Crippen molar-refractivity contribution < 1.29 is 9.59 Å². The summed E-state index contributed by atoms with van der Waals surface area (Å²) in [7, 11) is 0. The van der Waals surface area contributed by atoms with E-state index in [1.807, 2.05) is 30.3 Å². The molecule has 3 amide bonds. The van der Waals surface area contributed by atoms with Crippen LogP contribution < -0.4 is 4.90 Å². The molecule has 1 heterocycles. The van der Waals surface area contributed by atoms with Gasteiger partial charge in [0, 0.05) is 25.2 Å². The minimum Gasteiger partial charge on any atom is -0.292 e. The second-order valence-corrected chi connectivity index (χ2v) is 3.67. The Morgan fingerprint density at radius 3 is 2.56 bits per heavy atom. The SMILES string of the molecule is CCC(=O)N1CCN(c2ccccc2)C1=O. The first-order valence-corrected chi connectivity index (χ1v) is 5.41. The molecule has 0 spiro atoms. The number of carbonyl (C=O) groups excluding carboxylic acids is 2. The first-order chi connectivity index (χ1) is 7.74. The van der Waals surface area contributed by atoms with Crippen LogP contribution in [0, 0.1) is 0 Å². The molecule has 0 bridgehead atoms. The number of hydrogen-bond acceptors (Lipinski definition) is 2. The van der Waals surface area contributed by atoms with Crippen LogP contribution in [-0.4, -0.2) is 29.9 Å². The Hall–Kier alpha value is -1.84. The van der Waals surface area contributed by atoms with Gasteiger partial charge in [0.05, 0.1) is 0 Å². The topological polar surface area (TPSA) is 40.6 Å². The number of amides is 3. The molecular formula is C12H14N2O2. The summed E-state index contributed by atoms with van der Waals surface area (Å²) < 4.78 is 0. The van der Waals surface area contributed by atoms with Crippen LogP contribution >= 0.6 is 0 Å². The van der Waals surface area contributed by atoms with Crippen molar-refractivity contribution in [1.82, 2.24) is 4.90 Å². The Bertz CT molecular complexity index is 403. The van der Waals surface area contributed by atoms with Gasteiger partial charge in [-0.25, -0.2) is 4.79 Å². The van der Waals surface area contributed by atoms with E-state index < -0.39 is 0 Å². The molecule has 1 fully saturated rings. The fourth-order valence-electron chi connectivity index (χ4n) is 1.81. The normalized spacial score (nSPS) is 15.7. The summed E-state index contributed by atoms with van der Waals surface area (Å²) in [6.07, 6.45) is 0.369. The molecule has 4 nitrogen and oxygen atoms in total. The number of para-hydroxylation sites is 1. The highest BCUT2D eigenvalue weighted by Crippen LogP contribution is 2.19. The number of hydrogen-bond donors (Lipinski definition) is 0. The Balaban J connectivity index is 2.17. The number of nitrogens with zero attached hydrogens (tertiary/aromatic N) is 2. The summed E-state index contributed by atoms with van der Waals surface area (Å²) in [5.41, 5.74) is 0.846.